The van der Waals surface area contributed by atoms with Crippen molar-refractivity contribution in [3.8, 4) is 0 Å². The lowest BCUT2D eigenvalue weighted by Gasteiger charge is -2.05. The van der Waals surface area contributed by atoms with Crippen LogP contribution in [0.25, 0.3) is 0 Å². The maximum Gasteiger partial charge on any atom is 0.337 e. The average Bonchev–Trinajstić information content (AvgIpc) is 2.47. The molecular formula is C13H11NO4S. The first kappa shape index (κ1) is 13.2. The standard InChI is InChI=1S/C13H11NO4S/c1-18-13(15)10-5-4-6-11(9-10)19(16,17)12-7-2-3-8-14-12/h2-9H,1H3. The minimum atomic E-state index is -3.72. The fourth-order valence-corrected chi connectivity index (χ4v) is 2.77. The molecule has 5 nitrogen and oxygen atoms in total. The number of esters is 1. The Morgan fingerprint density at radius 2 is 1.95 bits per heavy atom. The molecule has 0 spiro atoms. The van der Waals surface area contributed by atoms with E-state index in [2.05, 4.69) is 9.72 Å². The van der Waals surface area contributed by atoms with Gasteiger partial charge in [-0.3, -0.25) is 0 Å². The summed E-state index contributed by atoms with van der Waals surface area (Å²) in [7, 11) is -2.48. The second-order valence-electron chi connectivity index (χ2n) is 3.69. The van der Waals surface area contributed by atoms with Crippen LogP contribution in [0.3, 0.4) is 0 Å². The van der Waals surface area contributed by atoms with Crippen molar-refractivity contribution in [2.24, 2.45) is 0 Å². The summed E-state index contributed by atoms with van der Waals surface area (Å²) in [6, 6.07) is 10.3. The topological polar surface area (TPSA) is 73.3 Å². The van der Waals surface area contributed by atoms with Crippen LogP contribution in [-0.2, 0) is 14.6 Å². The summed E-state index contributed by atoms with van der Waals surface area (Å²) in [5.41, 5.74) is 0.180. The summed E-state index contributed by atoms with van der Waals surface area (Å²) in [5.74, 6) is -0.585. The minimum Gasteiger partial charge on any atom is -0.465 e. The molecule has 19 heavy (non-hydrogen) atoms. The van der Waals surface area contributed by atoms with Crippen molar-refractivity contribution < 1.29 is 17.9 Å². The van der Waals surface area contributed by atoms with Crippen LogP contribution in [-0.4, -0.2) is 26.5 Å². The second-order valence-corrected chi connectivity index (χ2v) is 5.59. The number of benzene rings is 1. The smallest absolute Gasteiger partial charge is 0.337 e. The third kappa shape index (κ3) is 2.63. The third-order valence-corrected chi connectivity index (χ3v) is 4.15. The quantitative estimate of drug-likeness (QED) is 0.798. The number of methoxy groups -OCH3 is 1. The number of pyridine rings is 1. The van der Waals surface area contributed by atoms with Gasteiger partial charge in [-0.15, -0.1) is 0 Å². The summed E-state index contributed by atoms with van der Waals surface area (Å²) in [5, 5.41) is -0.0583. The van der Waals surface area contributed by atoms with Gasteiger partial charge in [-0.1, -0.05) is 12.1 Å². The van der Waals surface area contributed by atoms with Crippen molar-refractivity contribution in [2.75, 3.05) is 7.11 Å². The molecule has 0 saturated heterocycles. The molecule has 0 unspecified atom stereocenters. The molecule has 0 aliphatic rings. The van der Waals surface area contributed by atoms with Gasteiger partial charge in [0.25, 0.3) is 0 Å². The van der Waals surface area contributed by atoms with E-state index in [9.17, 15) is 13.2 Å². The average molecular weight is 277 g/mol. The lowest BCUT2D eigenvalue weighted by Crippen LogP contribution is -2.07. The Bertz CT molecular complexity index is 696. The molecule has 0 N–H and O–H groups in total. The maximum absolute atomic E-state index is 12.3. The molecule has 0 aliphatic carbocycles. The van der Waals surface area contributed by atoms with Gasteiger partial charge in [0.15, 0.2) is 5.03 Å². The van der Waals surface area contributed by atoms with Crippen LogP contribution in [0, 0.1) is 0 Å². The lowest BCUT2D eigenvalue weighted by atomic mass is 10.2. The van der Waals surface area contributed by atoms with Gasteiger partial charge in [0.1, 0.15) is 0 Å². The Morgan fingerprint density at radius 3 is 2.58 bits per heavy atom. The summed E-state index contributed by atoms with van der Waals surface area (Å²) >= 11 is 0. The van der Waals surface area contributed by atoms with Gasteiger partial charge in [-0.2, -0.15) is 0 Å². The van der Waals surface area contributed by atoms with Crippen LogP contribution in [0.15, 0.2) is 58.6 Å². The highest BCUT2D eigenvalue weighted by Gasteiger charge is 2.20. The van der Waals surface area contributed by atoms with Gasteiger partial charge in [-0.25, -0.2) is 18.2 Å². The summed E-state index contributed by atoms with van der Waals surface area (Å²) in [6.07, 6.45) is 1.40. The van der Waals surface area contributed by atoms with Gasteiger partial charge in [0.05, 0.1) is 17.6 Å². The molecule has 0 saturated carbocycles. The highest BCUT2D eigenvalue weighted by molar-refractivity contribution is 7.91. The Kier molecular flexibility index (Phi) is 3.62. The number of ether oxygens (including phenoxy) is 1. The van der Waals surface area contributed by atoms with Gasteiger partial charge < -0.3 is 4.74 Å². The van der Waals surface area contributed by atoms with Crippen molar-refractivity contribution in [3.05, 3.63) is 54.2 Å². The van der Waals surface area contributed by atoms with Crippen LogP contribution in [0.5, 0.6) is 0 Å². The second kappa shape index (κ2) is 5.19. The molecule has 0 fully saturated rings. The van der Waals surface area contributed by atoms with E-state index < -0.39 is 15.8 Å². The number of hydrogen-bond donors (Lipinski definition) is 0. The number of aromatic nitrogens is 1. The molecule has 1 aromatic heterocycles. The van der Waals surface area contributed by atoms with Crippen molar-refractivity contribution in [3.63, 3.8) is 0 Å². The van der Waals surface area contributed by atoms with E-state index in [4.69, 9.17) is 0 Å². The lowest BCUT2D eigenvalue weighted by molar-refractivity contribution is 0.0600. The molecule has 98 valence electrons. The fraction of sp³-hybridized carbons (Fsp3) is 0.0769. The minimum absolute atomic E-state index is 0.00843. The Labute approximate surface area is 110 Å². The molecule has 6 heteroatoms. The molecule has 2 rings (SSSR count). The Morgan fingerprint density at radius 1 is 1.16 bits per heavy atom. The molecule has 0 amide bonds. The normalized spacial score (nSPS) is 11.0. The summed E-state index contributed by atoms with van der Waals surface area (Å²) in [6.45, 7) is 0. The van der Waals surface area contributed by atoms with Crippen molar-refractivity contribution in [1.82, 2.24) is 4.98 Å². The first-order valence-corrected chi connectivity index (χ1v) is 6.88. The predicted molar refractivity (Wildman–Crippen MR) is 67.5 cm³/mol. The van der Waals surface area contributed by atoms with E-state index in [-0.39, 0.29) is 15.5 Å². The Hall–Kier alpha value is -2.21. The van der Waals surface area contributed by atoms with Gasteiger partial charge >= 0.3 is 5.97 Å². The Balaban J connectivity index is 2.51. The number of carbonyl (C=O) groups excluding carboxylic acids is 1. The van der Waals surface area contributed by atoms with E-state index in [0.29, 0.717) is 0 Å². The zero-order valence-electron chi connectivity index (χ0n) is 10.1. The molecule has 2 aromatic rings. The third-order valence-electron chi connectivity index (χ3n) is 2.48. The summed E-state index contributed by atoms with van der Waals surface area (Å²) in [4.78, 5) is 15.2. The van der Waals surface area contributed by atoms with E-state index in [0.717, 1.165) is 0 Å². The van der Waals surface area contributed by atoms with Crippen LogP contribution in [0.2, 0.25) is 0 Å². The summed E-state index contributed by atoms with van der Waals surface area (Å²) < 4.78 is 29.1. The van der Waals surface area contributed by atoms with Gasteiger partial charge in [0.2, 0.25) is 9.84 Å². The SMILES string of the molecule is COC(=O)c1cccc(S(=O)(=O)c2ccccn2)c1. The van der Waals surface area contributed by atoms with E-state index in [1.807, 2.05) is 0 Å². The van der Waals surface area contributed by atoms with E-state index >= 15 is 0 Å². The van der Waals surface area contributed by atoms with Gasteiger partial charge in [-0.05, 0) is 30.3 Å². The van der Waals surface area contributed by atoms with Gasteiger partial charge in [0, 0.05) is 6.20 Å². The molecule has 0 radical (unpaired) electrons. The van der Waals surface area contributed by atoms with Crippen molar-refractivity contribution in [1.29, 1.82) is 0 Å². The molecule has 0 bridgehead atoms. The van der Waals surface area contributed by atoms with Crippen LogP contribution >= 0.6 is 0 Å². The first-order valence-electron chi connectivity index (χ1n) is 5.40. The van der Waals surface area contributed by atoms with Crippen LogP contribution in [0.4, 0.5) is 0 Å². The molecule has 1 heterocycles. The van der Waals surface area contributed by atoms with E-state index in [1.54, 1.807) is 12.1 Å². The monoisotopic (exact) mass is 277 g/mol. The zero-order valence-corrected chi connectivity index (χ0v) is 10.9. The van der Waals surface area contributed by atoms with Crippen LogP contribution < -0.4 is 0 Å². The number of hydrogen-bond acceptors (Lipinski definition) is 5. The van der Waals surface area contributed by atoms with Crippen LogP contribution in [0.1, 0.15) is 10.4 Å². The number of rotatable bonds is 3. The number of nitrogens with zero attached hydrogens (tertiary/aromatic N) is 1. The maximum atomic E-state index is 12.3. The highest BCUT2D eigenvalue weighted by atomic mass is 32.2. The molecule has 1 aromatic carbocycles. The molecular weight excluding hydrogens is 266 g/mol. The predicted octanol–water partition coefficient (Wildman–Crippen LogP) is 1.70. The number of sulfone groups is 1. The molecule has 0 aliphatic heterocycles. The van der Waals surface area contributed by atoms with Crippen molar-refractivity contribution in [2.45, 2.75) is 9.92 Å². The molecule has 0 atom stereocenters. The first-order chi connectivity index (χ1) is 9.05. The fourth-order valence-electron chi connectivity index (χ4n) is 1.53. The highest BCUT2D eigenvalue weighted by Crippen LogP contribution is 2.19. The largest absolute Gasteiger partial charge is 0.465 e. The van der Waals surface area contributed by atoms with E-state index in [1.165, 1.54) is 43.6 Å². The van der Waals surface area contributed by atoms with Crippen molar-refractivity contribution >= 4 is 15.8 Å². The number of carbonyl (C=O) groups is 1. The zero-order chi connectivity index (χ0) is 13.9.